The lowest BCUT2D eigenvalue weighted by atomic mass is 9.84. The van der Waals surface area contributed by atoms with Crippen molar-refractivity contribution in [1.29, 1.82) is 0 Å². The zero-order valence-electron chi connectivity index (χ0n) is 12.8. The van der Waals surface area contributed by atoms with Gasteiger partial charge in [-0.05, 0) is 30.0 Å². The van der Waals surface area contributed by atoms with Crippen molar-refractivity contribution in [3.63, 3.8) is 0 Å². The first-order valence-electron chi connectivity index (χ1n) is 6.71. The molecule has 2 N–H and O–H groups in total. The van der Waals surface area contributed by atoms with E-state index in [0.29, 0.717) is 6.54 Å². The molecule has 2 aromatic rings. The van der Waals surface area contributed by atoms with Crippen molar-refractivity contribution in [3.8, 4) is 17.1 Å². The summed E-state index contributed by atoms with van der Waals surface area (Å²) in [6, 6.07) is 4.16. The maximum atomic E-state index is 5.74. The number of benzene rings is 1. The smallest absolute Gasteiger partial charge is 0.171 e. The molecular weight excluding hydrogens is 252 g/mol. The van der Waals surface area contributed by atoms with Gasteiger partial charge in [0.15, 0.2) is 5.76 Å². The average Bonchev–Trinajstić information content (AvgIpc) is 2.84. The maximum absolute atomic E-state index is 5.74. The highest BCUT2D eigenvalue weighted by Crippen LogP contribution is 2.37. The van der Waals surface area contributed by atoms with Gasteiger partial charge >= 0.3 is 0 Å². The number of nitrogens with two attached hydrogens (primary N) is 1. The third-order valence-corrected chi connectivity index (χ3v) is 3.46. The molecule has 0 aliphatic heterocycles. The first kappa shape index (κ1) is 14.6. The van der Waals surface area contributed by atoms with E-state index in [-0.39, 0.29) is 5.41 Å². The van der Waals surface area contributed by atoms with Crippen LogP contribution in [-0.2, 0) is 12.0 Å². The van der Waals surface area contributed by atoms with E-state index < -0.39 is 0 Å². The van der Waals surface area contributed by atoms with Crippen LogP contribution in [0, 0.1) is 6.92 Å². The first-order chi connectivity index (χ1) is 9.38. The summed E-state index contributed by atoms with van der Waals surface area (Å²) in [5.41, 5.74) is 9.88. The van der Waals surface area contributed by atoms with Crippen LogP contribution in [0.2, 0.25) is 0 Å². The van der Waals surface area contributed by atoms with Gasteiger partial charge in [0.05, 0.1) is 13.3 Å². The Morgan fingerprint density at radius 3 is 2.55 bits per heavy atom. The summed E-state index contributed by atoms with van der Waals surface area (Å²) in [5, 5.41) is 3.86. The minimum Gasteiger partial charge on any atom is -0.496 e. The van der Waals surface area contributed by atoms with Crippen LogP contribution in [0.5, 0.6) is 5.75 Å². The third-order valence-electron chi connectivity index (χ3n) is 3.46. The fourth-order valence-electron chi connectivity index (χ4n) is 2.31. The van der Waals surface area contributed by atoms with Crippen molar-refractivity contribution in [2.75, 3.05) is 7.11 Å². The topological polar surface area (TPSA) is 61.3 Å². The molecule has 0 unspecified atom stereocenters. The molecule has 0 aliphatic carbocycles. The monoisotopic (exact) mass is 274 g/mol. The van der Waals surface area contributed by atoms with E-state index in [1.54, 1.807) is 13.3 Å². The Morgan fingerprint density at radius 2 is 2.00 bits per heavy atom. The SMILES string of the molecule is COc1cc(C)c(-c2oncc2CN)cc1C(C)(C)C. The van der Waals surface area contributed by atoms with Gasteiger partial charge in [0, 0.05) is 23.2 Å². The predicted molar refractivity (Wildman–Crippen MR) is 79.8 cm³/mol. The van der Waals surface area contributed by atoms with Gasteiger partial charge in [-0.25, -0.2) is 0 Å². The summed E-state index contributed by atoms with van der Waals surface area (Å²) in [4.78, 5) is 0. The zero-order chi connectivity index (χ0) is 14.9. The summed E-state index contributed by atoms with van der Waals surface area (Å²) in [7, 11) is 1.70. The van der Waals surface area contributed by atoms with Gasteiger partial charge < -0.3 is 15.0 Å². The quantitative estimate of drug-likeness (QED) is 0.931. The Balaban J connectivity index is 2.66. The number of ether oxygens (including phenoxy) is 1. The van der Waals surface area contributed by atoms with Crippen LogP contribution >= 0.6 is 0 Å². The van der Waals surface area contributed by atoms with Crippen LogP contribution in [0.15, 0.2) is 22.9 Å². The van der Waals surface area contributed by atoms with E-state index in [9.17, 15) is 0 Å². The highest BCUT2D eigenvalue weighted by molar-refractivity contribution is 5.68. The van der Waals surface area contributed by atoms with Crippen LogP contribution < -0.4 is 10.5 Å². The second kappa shape index (κ2) is 5.29. The number of rotatable bonds is 3. The summed E-state index contributed by atoms with van der Waals surface area (Å²) < 4.78 is 10.9. The lowest BCUT2D eigenvalue weighted by molar-refractivity contribution is 0.397. The molecule has 1 heterocycles. The molecule has 0 fully saturated rings. The van der Waals surface area contributed by atoms with Crippen LogP contribution in [0.25, 0.3) is 11.3 Å². The number of aryl methyl sites for hydroxylation is 1. The largest absolute Gasteiger partial charge is 0.496 e. The Hall–Kier alpha value is -1.81. The lowest BCUT2D eigenvalue weighted by Gasteiger charge is -2.23. The van der Waals surface area contributed by atoms with Gasteiger partial charge in [-0.15, -0.1) is 0 Å². The van der Waals surface area contributed by atoms with Gasteiger partial charge in [-0.3, -0.25) is 0 Å². The van der Waals surface area contributed by atoms with Crippen LogP contribution in [0.3, 0.4) is 0 Å². The van der Waals surface area contributed by atoms with Gasteiger partial charge in [0.2, 0.25) is 0 Å². The number of hydrogen-bond acceptors (Lipinski definition) is 4. The normalized spacial score (nSPS) is 11.7. The molecule has 1 aromatic heterocycles. The number of hydrogen-bond donors (Lipinski definition) is 1. The standard InChI is InChI=1S/C16H22N2O2/c1-10-6-14(19-5)13(16(2,3)4)7-12(10)15-11(8-17)9-18-20-15/h6-7,9H,8,17H2,1-5H3. The highest BCUT2D eigenvalue weighted by atomic mass is 16.5. The Kier molecular flexibility index (Phi) is 3.86. The fraction of sp³-hybridized carbons (Fsp3) is 0.438. The van der Waals surface area contributed by atoms with Crippen molar-refractivity contribution in [2.45, 2.75) is 39.7 Å². The molecular formula is C16H22N2O2. The van der Waals surface area contributed by atoms with Crippen LogP contribution in [0.4, 0.5) is 0 Å². The van der Waals surface area contributed by atoms with Crippen LogP contribution in [-0.4, -0.2) is 12.3 Å². The average molecular weight is 274 g/mol. The summed E-state index contributed by atoms with van der Waals surface area (Å²) in [6.45, 7) is 8.93. The van der Waals surface area contributed by atoms with E-state index >= 15 is 0 Å². The molecule has 0 atom stereocenters. The molecule has 4 heteroatoms. The van der Waals surface area contributed by atoms with Crippen LogP contribution in [0.1, 0.15) is 37.5 Å². The maximum Gasteiger partial charge on any atom is 0.171 e. The molecule has 108 valence electrons. The van der Waals surface area contributed by atoms with Gasteiger partial charge in [0.1, 0.15) is 5.75 Å². The minimum atomic E-state index is -0.0172. The second-order valence-electron chi connectivity index (χ2n) is 6.00. The Labute approximate surface area is 119 Å². The number of methoxy groups -OCH3 is 1. The molecule has 4 nitrogen and oxygen atoms in total. The molecule has 0 saturated carbocycles. The molecule has 0 radical (unpaired) electrons. The molecule has 0 aliphatic rings. The molecule has 0 bridgehead atoms. The fourth-order valence-corrected chi connectivity index (χ4v) is 2.31. The summed E-state index contributed by atoms with van der Waals surface area (Å²) in [6.07, 6.45) is 1.68. The number of aromatic nitrogens is 1. The summed E-state index contributed by atoms with van der Waals surface area (Å²) in [5.74, 6) is 1.64. The Morgan fingerprint density at radius 1 is 1.30 bits per heavy atom. The molecule has 2 rings (SSSR count). The summed E-state index contributed by atoms with van der Waals surface area (Å²) >= 11 is 0. The predicted octanol–water partition coefficient (Wildman–Crippen LogP) is 3.41. The van der Waals surface area contributed by atoms with Gasteiger partial charge in [-0.2, -0.15) is 0 Å². The molecule has 1 aromatic carbocycles. The van der Waals surface area contributed by atoms with E-state index in [0.717, 1.165) is 33.8 Å². The van der Waals surface area contributed by atoms with Crippen molar-refractivity contribution in [2.24, 2.45) is 5.73 Å². The van der Waals surface area contributed by atoms with Crippen molar-refractivity contribution >= 4 is 0 Å². The van der Waals surface area contributed by atoms with E-state index in [4.69, 9.17) is 15.0 Å². The number of nitrogens with zero attached hydrogens (tertiary/aromatic N) is 1. The third kappa shape index (κ3) is 2.56. The Bertz CT molecular complexity index is 609. The van der Waals surface area contributed by atoms with Gasteiger partial charge in [-0.1, -0.05) is 25.9 Å². The van der Waals surface area contributed by atoms with E-state index in [1.165, 1.54) is 0 Å². The second-order valence-corrected chi connectivity index (χ2v) is 6.00. The van der Waals surface area contributed by atoms with E-state index in [2.05, 4.69) is 32.0 Å². The van der Waals surface area contributed by atoms with Crippen molar-refractivity contribution in [3.05, 3.63) is 35.0 Å². The molecule has 20 heavy (non-hydrogen) atoms. The highest BCUT2D eigenvalue weighted by Gasteiger charge is 2.22. The van der Waals surface area contributed by atoms with Crippen molar-refractivity contribution in [1.82, 2.24) is 5.16 Å². The van der Waals surface area contributed by atoms with Crippen molar-refractivity contribution < 1.29 is 9.26 Å². The zero-order valence-corrected chi connectivity index (χ0v) is 12.8. The molecule has 0 amide bonds. The first-order valence-corrected chi connectivity index (χ1v) is 6.71. The lowest BCUT2D eigenvalue weighted by Crippen LogP contribution is -2.13. The molecule has 0 saturated heterocycles. The van der Waals surface area contributed by atoms with E-state index in [1.807, 2.05) is 13.0 Å². The minimum absolute atomic E-state index is 0.0172. The van der Waals surface area contributed by atoms with Gasteiger partial charge in [0.25, 0.3) is 0 Å². The molecule has 0 spiro atoms.